The Balaban J connectivity index is 1.95. The van der Waals surface area contributed by atoms with E-state index in [1.807, 2.05) is 0 Å². The van der Waals surface area contributed by atoms with E-state index in [-0.39, 0.29) is 6.10 Å². The van der Waals surface area contributed by atoms with Crippen LogP contribution in [0.1, 0.15) is 26.7 Å². The van der Waals surface area contributed by atoms with E-state index in [4.69, 9.17) is 4.74 Å². The second-order valence-corrected chi connectivity index (χ2v) is 4.57. The molecule has 2 nitrogen and oxygen atoms in total. The Morgan fingerprint density at radius 3 is 2.77 bits per heavy atom. The Bertz CT molecular complexity index is 195. The van der Waals surface area contributed by atoms with Crippen LogP contribution in [-0.2, 0) is 4.74 Å². The number of halogens is 1. The second kappa shape index (κ2) is 3.21. The summed E-state index contributed by atoms with van der Waals surface area (Å²) in [6.07, 6.45) is 2.03. The molecule has 2 aliphatic rings. The van der Waals surface area contributed by atoms with E-state index < -0.39 is 5.67 Å². The highest BCUT2D eigenvalue weighted by Crippen LogP contribution is 2.30. The van der Waals surface area contributed by atoms with Crippen LogP contribution in [0.2, 0.25) is 0 Å². The van der Waals surface area contributed by atoms with Gasteiger partial charge in [-0.3, -0.25) is 4.90 Å². The largest absolute Gasteiger partial charge is 0.377 e. The molecule has 0 aliphatic carbocycles. The van der Waals surface area contributed by atoms with Crippen molar-refractivity contribution in [3.8, 4) is 0 Å². The monoisotopic (exact) mass is 187 g/mol. The third kappa shape index (κ3) is 1.86. The van der Waals surface area contributed by atoms with E-state index in [0.717, 1.165) is 19.6 Å². The van der Waals surface area contributed by atoms with E-state index in [1.54, 1.807) is 6.92 Å². The minimum Gasteiger partial charge on any atom is -0.377 e. The first kappa shape index (κ1) is 9.41. The molecule has 2 aliphatic heterocycles. The van der Waals surface area contributed by atoms with Crippen molar-refractivity contribution in [3.05, 3.63) is 0 Å². The van der Waals surface area contributed by atoms with Gasteiger partial charge in [0.15, 0.2) is 0 Å². The van der Waals surface area contributed by atoms with E-state index in [2.05, 4.69) is 11.8 Å². The SMILES string of the molecule is CC1OCCC1N1CCC(C)(F)C1. The normalized spacial score (nSPS) is 47.3. The summed E-state index contributed by atoms with van der Waals surface area (Å²) in [4.78, 5) is 2.25. The van der Waals surface area contributed by atoms with Crippen LogP contribution in [0.4, 0.5) is 4.39 Å². The summed E-state index contributed by atoms with van der Waals surface area (Å²) in [5, 5.41) is 0. The van der Waals surface area contributed by atoms with Crippen LogP contribution in [0, 0.1) is 0 Å². The number of hydrogen-bond donors (Lipinski definition) is 0. The molecule has 0 aromatic carbocycles. The topological polar surface area (TPSA) is 12.5 Å². The predicted molar refractivity (Wildman–Crippen MR) is 49.5 cm³/mol. The van der Waals surface area contributed by atoms with Gasteiger partial charge in [0, 0.05) is 25.7 Å². The molecule has 0 saturated carbocycles. The molecule has 0 radical (unpaired) electrons. The molecule has 3 unspecified atom stereocenters. The zero-order valence-corrected chi connectivity index (χ0v) is 8.42. The Labute approximate surface area is 79.1 Å². The van der Waals surface area contributed by atoms with Gasteiger partial charge in [0.25, 0.3) is 0 Å². The maximum Gasteiger partial charge on any atom is 0.122 e. The Morgan fingerprint density at radius 2 is 2.31 bits per heavy atom. The van der Waals surface area contributed by atoms with Gasteiger partial charge in [-0.2, -0.15) is 0 Å². The van der Waals surface area contributed by atoms with Gasteiger partial charge >= 0.3 is 0 Å². The van der Waals surface area contributed by atoms with Crippen LogP contribution in [0.25, 0.3) is 0 Å². The third-order valence-corrected chi connectivity index (χ3v) is 3.26. The zero-order valence-electron chi connectivity index (χ0n) is 8.42. The quantitative estimate of drug-likeness (QED) is 0.618. The van der Waals surface area contributed by atoms with Crippen molar-refractivity contribution in [2.75, 3.05) is 19.7 Å². The summed E-state index contributed by atoms with van der Waals surface area (Å²) >= 11 is 0. The van der Waals surface area contributed by atoms with Gasteiger partial charge in [-0.05, 0) is 26.7 Å². The van der Waals surface area contributed by atoms with Crippen LogP contribution in [-0.4, -0.2) is 42.4 Å². The molecule has 3 atom stereocenters. The molecule has 2 fully saturated rings. The molecule has 0 N–H and O–H groups in total. The molecule has 2 rings (SSSR count). The summed E-state index contributed by atoms with van der Waals surface area (Å²) in [7, 11) is 0. The van der Waals surface area contributed by atoms with E-state index in [9.17, 15) is 4.39 Å². The molecular weight excluding hydrogens is 169 g/mol. The third-order valence-electron chi connectivity index (χ3n) is 3.26. The van der Waals surface area contributed by atoms with Crippen LogP contribution in [0.15, 0.2) is 0 Å². The lowest BCUT2D eigenvalue weighted by Gasteiger charge is -2.26. The van der Waals surface area contributed by atoms with E-state index >= 15 is 0 Å². The molecule has 0 aromatic heterocycles. The lowest BCUT2D eigenvalue weighted by atomic mass is 10.1. The highest BCUT2D eigenvalue weighted by molar-refractivity contribution is 4.93. The Kier molecular flexibility index (Phi) is 2.32. The molecule has 0 aromatic rings. The van der Waals surface area contributed by atoms with Crippen molar-refractivity contribution < 1.29 is 9.13 Å². The summed E-state index contributed by atoms with van der Waals surface area (Å²) in [5.74, 6) is 0. The van der Waals surface area contributed by atoms with E-state index in [1.165, 1.54) is 0 Å². The number of likely N-dealkylation sites (tertiary alicyclic amines) is 1. The van der Waals surface area contributed by atoms with Crippen LogP contribution < -0.4 is 0 Å². The minimum atomic E-state index is -0.970. The highest BCUT2D eigenvalue weighted by atomic mass is 19.1. The Hall–Kier alpha value is -0.150. The maximum absolute atomic E-state index is 13.6. The number of rotatable bonds is 1. The van der Waals surface area contributed by atoms with Crippen LogP contribution in [0.3, 0.4) is 0 Å². The predicted octanol–water partition coefficient (Wildman–Crippen LogP) is 1.60. The first-order chi connectivity index (χ1) is 6.08. The zero-order chi connectivity index (χ0) is 9.47. The van der Waals surface area contributed by atoms with Gasteiger partial charge in [-0.15, -0.1) is 0 Å². The number of ether oxygens (including phenoxy) is 1. The first-order valence-corrected chi connectivity index (χ1v) is 5.13. The Morgan fingerprint density at radius 1 is 1.54 bits per heavy atom. The fourth-order valence-electron chi connectivity index (χ4n) is 2.44. The summed E-state index contributed by atoms with van der Waals surface area (Å²) in [6, 6.07) is 0.456. The van der Waals surface area contributed by atoms with Crippen molar-refractivity contribution >= 4 is 0 Å². The average Bonchev–Trinajstić information content (AvgIpc) is 2.56. The lowest BCUT2D eigenvalue weighted by Crippen LogP contribution is -2.39. The number of alkyl halides is 1. The van der Waals surface area contributed by atoms with Crippen molar-refractivity contribution in [3.63, 3.8) is 0 Å². The van der Waals surface area contributed by atoms with Gasteiger partial charge in [0.2, 0.25) is 0 Å². The fourth-order valence-corrected chi connectivity index (χ4v) is 2.44. The number of nitrogens with zero attached hydrogens (tertiary/aromatic N) is 1. The van der Waals surface area contributed by atoms with Gasteiger partial charge in [0.05, 0.1) is 6.10 Å². The van der Waals surface area contributed by atoms with Crippen LogP contribution in [0.5, 0.6) is 0 Å². The molecule has 3 heteroatoms. The number of hydrogen-bond acceptors (Lipinski definition) is 2. The average molecular weight is 187 g/mol. The first-order valence-electron chi connectivity index (χ1n) is 5.13. The fraction of sp³-hybridized carbons (Fsp3) is 1.00. The van der Waals surface area contributed by atoms with E-state index in [0.29, 0.717) is 19.0 Å². The van der Waals surface area contributed by atoms with Gasteiger partial charge in [-0.25, -0.2) is 4.39 Å². The molecule has 2 heterocycles. The summed E-state index contributed by atoms with van der Waals surface area (Å²) in [5.41, 5.74) is -0.970. The standard InChI is InChI=1S/C10H18FNO/c1-8-9(3-6-13-8)12-5-4-10(2,11)7-12/h8-9H,3-7H2,1-2H3. The highest BCUT2D eigenvalue weighted by Gasteiger charge is 2.40. The maximum atomic E-state index is 13.6. The molecule has 0 amide bonds. The van der Waals surface area contributed by atoms with Crippen molar-refractivity contribution in [2.24, 2.45) is 0 Å². The molecule has 0 spiro atoms. The van der Waals surface area contributed by atoms with Gasteiger partial charge in [0.1, 0.15) is 5.67 Å². The van der Waals surface area contributed by atoms with Crippen LogP contribution >= 0.6 is 0 Å². The molecule has 76 valence electrons. The van der Waals surface area contributed by atoms with Crippen molar-refractivity contribution in [2.45, 2.75) is 44.5 Å². The molecule has 0 bridgehead atoms. The molecule has 13 heavy (non-hydrogen) atoms. The van der Waals surface area contributed by atoms with Gasteiger partial charge in [-0.1, -0.05) is 0 Å². The lowest BCUT2D eigenvalue weighted by molar-refractivity contribution is 0.0757. The summed E-state index contributed by atoms with van der Waals surface area (Å²) in [6.45, 7) is 6.11. The summed E-state index contributed by atoms with van der Waals surface area (Å²) < 4.78 is 19.0. The molecular formula is C10H18FNO. The second-order valence-electron chi connectivity index (χ2n) is 4.57. The molecule has 2 saturated heterocycles. The van der Waals surface area contributed by atoms with Crippen molar-refractivity contribution in [1.29, 1.82) is 0 Å². The van der Waals surface area contributed by atoms with Crippen molar-refractivity contribution in [1.82, 2.24) is 4.90 Å². The smallest absolute Gasteiger partial charge is 0.122 e. The van der Waals surface area contributed by atoms with Gasteiger partial charge < -0.3 is 4.74 Å². The minimum absolute atomic E-state index is 0.286.